The van der Waals surface area contributed by atoms with E-state index in [1.807, 2.05) is 57.2 Å². The number of aromatic amines is 1. The number of nitrogens with zero attached hydrogens (tertiary/aromatic N) is 3. The van der Waals surface area contributed by atoms with Crippen molar-refractivity contribution < 1.29 is 14.4 Å². The molecule has 0 aliphatic carbocycles. The van der Waals surface area contributed by atoms with Gasteiger partial charge in [0.05, 0.1) is 18.2 Å². The van der Waals surface area contributed by atoms with Crippen LogP contribution in [0.4, 0.5) is 0 Å². The van der Waals surface area contributed by atoms with E-state index in [1.54, 1.807) is 14.2 Å². The fraction of sp³-hybridized carbons (Fsp3) is 0.361. The van der Waals surface area contributed by atoms with Crippen molar-refractivity contribution >= 4 is 44.2 Å². The predicted octanol–water partition coefficient (Wildman–Crippen LogP) is 6.75. The molecule has 1 saturated heterocycles. The Morgan fingerprint density at radius 1 is 1.00 bits per heavy atom. The molecule has 1 aliphatic heterocycles. The molecule has 45 heavy (non-hydrogen) atoms. The zero-order valence-corrected chi connectivity index (χ0v) is 27.2. The lowest BCUT2D eigenvalue weighted by atomic mass is 9.94. The number of amides is 1. The molecule has 3 N–H and O–H groups in total. The molecule has 0 radical (unpaired) electrons. The second-order valence-corrected chi connectivity index (χ2v) is 12.1. The summed E-state index contributed by atoms with van der Waals surface area (Å²) in [7, 11) is 3.41. The smallest absolute Gasteiger partial charge is 0.252 e. The van der Waals surface area contributed by atoms with E-state index >= 15 is 0 Å². The van der Waals surface area contributed by atoms with Gasteiger partial charge in [0, 0.05) is 65.4 Å². The van der Waals surface area contributed by atoms with Crippen molar-refractivity contribution in [3.63, 3.8) is 0 Å². The summed E-state index contributed by atoms with van der Waals surface area (Å²) in [5.41, 5.74) is 8.72. The summed E-state index contributed by atoms with van der Waals surface area (Å²) >= 11 is 0. The molecule has 1 aliphatic rings. The van der Waals surface area contributed by atoms with Crippen molar-refractivity contribution in [1.29, 1.82) is 0 Å². The number of H-pyrrole nitrogens is 1. The number of nitrogens with one attached hydrogen (secondary N) is 3. The van der Waals surface area contributed by atoms with Crippen molar-refractivity contribution in [1.82, 2.24) is 30.6 Å². The van der Waals surface area contributed by atoms with Crippen LogP contribution in [0.1, 0.15) is 62.3 Å². The van der Waals surface area contributed by atoms with E-state index in [9.17, 15) is 4.79 Å². The van der Waals surface area contributed by atoms with Gasteiger partial charge in [-0.05, 0) is 76.4 Å². The number of rotatable bonds is 8. The number of benzene rings is 3. The van der Waals surface area contributed by atoms with Gasteiger partial charge in [-0.2, -0.15) is 5.48 Å². The molecule has 1 fully saturated rings. The van der Waals surface area contributed by atoms with E-state index in [0.717, 1.165) is 92.5 Å². The molecule has 234 valence electrons. The van der Waals surface area contributed by atoms with Gasteiger partial charge in [-0.25, -0.2) is 9.97 Å². The Labute approximate surface area is 264 Å². The number of fused-ring (bicyclic) bond motifs is 4. The van der Waals surface area contributed by atoms with Crippen LogP contribution in [-0.4, -0.2) is 65.1 Å². The molecule has 9 heteroatoms. The summed E-state index contributed by atoms with van der Waals surface area (Å²) < 4.78 is 5.87. The summed E-state index contributed by atoms with van der Waals surface area (Å²) in [6.45, 7) is 12.3. The number of allylic oxidation sites excluding steroid dienone is 2. The van der Waals surface area contributed by atoms with Gasteiger partial charge in [0.2, 0.25) is 0 Å². The number of piperidine rings is 1. The van der Waals surface area contributed by atoms with Crippen molar-refractivity contribution in [2.75, 3.05) is 27.2 Å². The maximum absolute atomic E-state index is 13.7. The minimum Gasteiger partial charge on any atom is -0.496 e. The highest BCUT2D eigenvalue weighted by molar-refractivity contribution is 6.17. The van der Waals surface area contributed by atoms with Gasteiger partial charge in [0.25, 0.3) is 5.91 Å². The summed E-state index contributed by atoms with van der Waals surface area (Å²) in [5.74, 6) is 2.10. The molecule has 0 unspecified atom stereocenters. The van der Waals surface area contributed by atoms with Crippen molar-refractivity contribution in [3.05, 3.63) is 71.2 Å². The molecule has 1 amide bonds. The van der Waals surface area contributed by atoms with Gasteiger partial charge < -0.3 is 24.8 Å². The topological polar surface area (TPSA) is 104 Å². The minimum absolute atomic E-state index is 0.0323. The number of hydrogen-bond acceptors (Lipinski definition) is 7. The number of ether oxygens (including phenoxy) is 1. The van der Waals surface area contributed by atoms with E-state index in [-0.39, 0.29) is 11.9 Å². The van der Waals surface area contributed by atoms with Crippen molar-refractivity contribution in [3.8, 4) is 17.0 Å². The fourth-order valence-corrected chi connectivity index (χ4v) is 6.54. The lowest BCUT2D eigenvalue weighted by molar-refractivity contribution is 0.0902. The number of hydroxylamine groups is 1. The van der Waals surface area contributed by atoms with E-state index in [4.69, 9.17) is 19.5 Å². The van der Waals surface area contributed by atoms with E-state index in [0.29, 0.717) is 17.4 Å². The zero-order chi connectivity index (χ0) is 31.8. The lowest BCUT2D eigenvalue weighted by Gasteiger charge is -2.34. The minimum atomic E-state index is -0.0323. The Balaban J connectivity index is 1.45. The normalized spacial score (nSPS) is 15.2. The van der Waals surface area contributed by atoms with Crippen LogP contribution in [0.2, 0.25) is 0 Å². The second kappa shape index (κ2) is 12.5. The largest absolute Gasteiger partial charge is 0.496 e. The number of carbonyl (C=O) groups is 1. The van der Waals surface area contributed by atoms with E-state index in [1.165, 1.54) is 0 Å². The first kappa shape index (κ1) is 30.6. The van der Waals surface area contributed by atoms with Gasteiger partial charge >= 0.3 is 0 Å². The van der Waals surface area contributed by atoms with E-state index in [2.05, 4.69) is 46.7 Å². The summed E-state index contributed by atoms with van der Waals surface area (Å²) in [5, 5.41) is 7.05. The third-order valence-corrected chi connectivity index (χ3v) is 9.09. The van der Waals surface area contributed by atoms with Gasteiger partial charge in [-0.3, -0.25) is 4.79 Å². The Bertz CT molecular complexity index is 1930. The van der Waals surface area contributed by atoms with Crippen molar-refractivity contribution in [2.24, 2.45) is 0 Å². The van der Waals surface area contributed by atoms with Crippen LogP contribution in [0, 0.1) is 6.92 Å². The molecule has 6 rings (SSSR count). The van der Waals surface area contributed by atoms with Crippen LogP contribution in [-0.2, 0) is 4.84 Å². The zero-order valence-electron chi connectivity index (χ0n) is 27.2. The molecular formula is C36H42N6O3. The molecule has 2 aromatic heterocycles. The summed E-state index contributed by atoms with van der Waals surface area (Å²) in [6, 6.07) is 16.9. The molecule has 9 nitrogen and oxygen atoms in total. The molecule has 3 aromatic carbocycles. The predicted molar refractivity (Wildman–Crippen MR) is 181 cm³/mol. The quantitative estimate of drug-likeness (QED) is 0.133. The van der Waals surface area contributed by atoms with Crippen LogP contribution < -0.4 is 15.5 Å². The number of methoxy groups -OCH3 is 1. The monoisotopic (exact) mass is 606 g/mol. The molecule has 0 saturated carbocycles. The molecule has 0 spiro atoms. The third kappa shape index (κ3) is 5.74. The third-order valence-electron chi connectivity index (χ3n) is 9.09. The first-order chi connectivity index (χ1) is 21.7. The number of hydrogen-bond donors (Lipinski definition) is 3. The molecule has 0 atom stereocenters. The molecule has 5 aromatic rings. The first-order valence-corrected chi connectivity index (χ1v) is 15.7. The SMILES string of the molecule is CNO/C(C)=C(\C)c1cc2[nH]c3nc(C)nc(-c4ccc(C(=O)NC5CCN(C(C)C)CC5)c5ccccc45)c3c2cc1OC. The van der Waals surface area contributed by atoms with Gasteiger partial charge in [0.15, 0.2) is 0 Å². The molecular weight excluding hydrogens is 564 g/mol. The molecule has 3 heterocycles. The Kier molecular flexibility index (Phi) is 8.48. The number of aryl methyl sites for hydroxylation is 1. The van der Waals surface area contributed by atoms with E-state index < -0.39 is 0 Å². The maximum Gasteiger partial charge on any atom is 0.252 e. The highest BCUT2D eigenvalue weighted by Crippen LogP contribution is 2.40. The first-order valence-electron chi connectivity index (χ1n) is 15.7. The summed E-state index contributed by atoms with van der Waals surface area (Å²) in [4.78, 5) is 35.0. The highest BCUT2D eigenvalue weighted by atomic mass is 16.6. The lowest BCUT2D eigenvalue weighted by Crippen LogP contribution is -2.46. The van der Waals surface area contributed by atoms with Crippen molar-refractivity contribution in [2.45, 2.75) is 59.5 Å². The van der Waals surface area contributed by atoms with Crippen LogP contribution >= 0.6 is 0 Å². The Morgan fingerprint density at radius 3 is 2.42 bits per heavy atom. The molecule has 0 bridgehead atoms. The van der Waals surface area contributed by atoms with Gasteiger partial charge in [-0.15, -0.1) is 0 Å². The van der Waals surface area contributed by atoms with Gasteiger partial charge in [-0.1, -0.05) is 30.3 Å². The fourth-order valence-electron chi connectivity index (χ4n) is 6.54. The van der Waals surface area contributed by atoms with Gasteiger partial charge in [0.1, 0.15) is 23.0 Å². The van der Waals surface area contributed by atoms with Crippen LogP contribution in [0.3, 0.4) is 0 Å². The number of carbonyl (C=O) groups excluding carboxylic acids is 1. The van der Waals surface area contributed by atoms with Crippen LogP contribution in [0.25, 0.3) is 49.5 Å². The average molecular weight is 607 g/mol. The highest BCUT2D eigenvalue weighted by Gasteiger charge is 2.25. The number of likely N-dealkylation sites (tertiary alicyclic amines) is 1. The van der Waals surface area contributed by atoms with Crippen LogP contribution in [0.15, 0.2) is 54.3 Å². The second-order valence-electron chi connectivity index (χ2n) is 12.1. The summed E-state index contributed by atoms with van der Waals surface area (Å²) in [6.07, 6.45) is 1.92. The maximum atomic E-state index is 13.7. The standard InChI is InChI=1S/C36H42N6O3/c1-20(2)42-16-14-24(15-17-42)40-36(43)28-13-12-27(25-10-8-9-11-26(25)28)34-33-30-19-32(44-7)29(21(3)22(4)45-37-6)18-31(30)41-35(33)39-23(5)38-34/h8-13,18-20,24,37H,14-17H2,1-7H3,(H,40,43)(H,38,39,41)/b22-21+. The average Bonchev–Trinajstić information content (AvgIpc) is 3.40. The number of aromatic nitrogens is 3. The Hall–Kier alpha value is -4.47. The Morgan fingerprint density at radius 2 is 1.73 bits per heavy atom. The van der Waals surface area contributed by atoms with Crippen LogP contribution in [0.5, 0.6) is 5.75 Å².